The van der Waals surface area contributed by atoms with Crippen LogP contribution in [0.25, 0.3) is 0 Å². The number of ether oxygens (including phenoxy) is 2. The van der Waals surface area contributed by atoms with Gasteiger partial charge in [0.1, 0.15) is 5.60 Å². The highest BCUT2D eigenvalue weighted by atomic mass is 16.6. The maximum atomic E-state index is 12.3. The molecule has 23 heavy (non-hydrogen) atoms. The van der Waals surface area contributed by atoms with E-state index in [-0.39, 0.29) is 17.6 Å². The van der Waals surface area contributed by atoms with Crippen molar-refractivity contribution in [1.29, 1.82) is 0 Å². The fourth-order valence-electron chi connectivity index (χ4n) is 3.35. The van der Waals surface area contributed by atoms with Crippen molar-refractivity contribution in [2.45, 2.75) is 57.7 Å². The smallest absolute Gasteiger partial charge is 0.410 e. The van der Waals surface area contributed by atoms with E-state index in [9.17, 15) is 9.59 Å². The second kappa shape index (κ2) is 5.96. The van der Waals surface area contributed by atoms with Crippen molar-refractivity contribution in [2.75, 3.05) is 32.8 Å². The maximum absolute atomic E-state index is 12.3. The summed E-state index contributed by atoms with van der Waals surface area (Å²) < 4.78 is 11.5. The van der Waals surface area contributed by atoms with Crippen LogP contribution in [-0.2, 0) is 14.3 Å². The normalized spacial score (nSPS) is 24.7. The molecule has 0 unspecified atom stereocenters. The monoisotopic (exact) mass is 324 g/mol. The molecule has 0 N–H and O–H groups in total. The number of carbonyl (C=O) groups excluding carboxylic acids is 2. The predicted molar refractivity (Wildman–Crippen MR) is 85.0 cm³/mol. The quantitative estimate of drug-likeness (QED) is 0.740. The van der Waals surface area contributed by atoms with E-state index in [1.54, 1.807) is 4.90 Å². The van der Waals surface area contributed by atoms with Gasteiger partial charge < -0.3 is 19.3 Å². The van der Waals surface area contributed by atoms with E-state index in [0.29, 0.717) is 38.7 Å². The van der Waals surface area contributed by atoms with Gasteiger partial charge in [0.25, 0.3) is 0 Å². The SMILES string of the molecule is CC(C)(C)OC(=O)N1CCC2(CC1)CN(C(=O)C1CC1)CCO2. The third-order valence-electron chi connectivity index (χ3n) is 4.81. The summed E-state index contributed by atoms with van der Waals surface area (Å²) in [6.07, 6.45) is 3.35. The molecule has 3 aliphatic rings. The number of hydrogen-bond donors (Lipinski definition) is 0. The number of rotatable bonds is 1. The molecule has 1 saturated carbocycles. The van der Waals surface area contributed by atoms with Crippen LogP contribution in [0.4, 0.5) is 4.79 Å². The standard InChI is InChI=1S/C17H28N2O4/c1-16(2,3)23-15(21)18-8-6-17(7-9-18)12-19(10-11-22-17)14(20)13-4-5-13/h13H,4-12H2,1-3H3. The Morgan fingerprint density at radius 1 is 1.09 bits per heavy atom. The predicted octanol–water partition coefficient (Wildman–Crippen LogP) is 2.02. The zero-order valence-corrected chi connectivity index (χ0v) is 14.5. The number of piperidine rings is 1. The Hall–Kier alpha value is -1.30. The summed E-state index contributed by atoms with van der Waals surface area (Å²) in [7, 11) is 0. The fourth-order valence-corrected chi connectivity index (χ4v) is 3.35. The van der Waals surface area contributed by atoms with Gasteiger partial charge in [-0.05, 0) is 46.5 Å². The van der Waals surface area contributed by atoms with Crippen molar-refractivity contribution < 1.29 is 19.1 Å². The molecule has 0 aromatic rings. The summed E-state index contributed by atoms with van der Waals surface area (Å²) in [5, 5.41) is 0. The molecule has 6 nitrogen and oxygen atoms in total. The Kier molecular flexibility index (Phi) is 4.29. The molecule has 2 amide bonds. The topological polar surface area (TPSA) is 59.1 Å². The van der Waals surface area contributed by atoms with E-state index in [0.717, 1.165) is 25.7 Å². The van der Waals surface area contributed by atoms with Crippen LogP contribution in [0.5, 0.6) is 0 Å². The van der Waals surface area contributed by atoms with Crippen molar-refractivity contribution in [1.82, 2.24) is 9.80 Å². The van der Waals surface area contributed by atoms with E-state index >= 15 is 0 Å². The maximum Gasteiger partial charge on any atom is 0.410 e. The Labute approximate surface area is 138 Å². The molecule has 1 spiro atoms. The lowest BCUT2D eigenvalue weighted by Crippen LogP contribution is -2.59. The summed E-state index contributed by atoms with van der Waals surface area (Å²) in [6, 6.07) is 0. The van der Waals surface area contributed by atoms with Crippen molar-refractivity contribution in [3.63, 3.8) is 0 Å². The van der Waals surface area contributed by atoms with E-state index < -0.39 is 5.60 Å². The lowest BCUT2D eigenvalue weighted by Gasteiger charge is -2.47. The summed E-state index contributed by atoms with van der Waals surface area (Å²) in [5.41, 5.74) is -0.748. The summed E-state index contributed by atoms with van der Waals surface area (Å²) in [5.74, 6) is 0.550. The third kappa shape index (κ3) is 3.97. The molecule has 3 rings (SSSR count). The van der Waals surface area contributed by atoms with Crippen molar-refractivity contribution >= 4 is 12.0 Å². The van der Waals surface area contributed by atoms with Gasteiger partial charge in [0.15, 0.2) is 0 Å². The minimum absolute atomic E-state index is 0.255. The van der Waals surface area contributed by atoms with Crippen LogP contribution in [0.1, 0.15) is 46.5 Å². The highest BCUT2D eigenvalue weighted by Crippen LogP contribution is 2.35. The van der Waals surface area contributed by atoms with Crippen LogP contribution in [0, 0.1) is 5.92 Å². The van der Waals surface area contributed by atoms with Crippen molar-refractivity contribution in [3.8, 4) is 0 Å². The van der Waals surface area contributed by atoms with E-state index in [1.165, 1.54) is 0 Å². The minimum atomic E-state index is -0.471. The second-order valence-electron chi connectivity index (χ2n) is 8.03. The lowest BCUT2D eigenvalue weighted by atomic mass is 9.89. The van der Waals surface area contributed by atoms with Gasteiger partial charge >= 0.3 is 6.09 Å². The van der Waals surface area contributed by atoms with Crippen LogP contribution in [-0.4, -0.2) is 65.8 Å². The molecule has 0 atom stereocenters. The molecule has 0 aromatic carbocycles. The Morgan fingerprint density at radius 2 is 1.74 bits per heavy atom. The molecule has 6 heteroatoms. The number of amides is 2. The number of nitrogens with zero attached hydrogens (tertiary/aromatic N) is 2. The average Bonchev–Trinajstić information content (AvgIpc) is 3.30. The van der Waals surface area contributed by atoms with Crippen molar-refractivity contribution in [2.24, 2.45) is 5.92 Å². The highest BCUT2D eigenvalue weighted by molar-refractivity contribution is 5.81. The summed E-state index contributed by atoms with van der Waals surface area (Å²) in [6.45, 7) is 8.86. The Morgan fingerprint density at radius 3 is 2.30 bits per heavy atom. The molecule has 2 saturated heterocycles. The molecule has 130 valence electrons. The van der Waals surface area contributed by atoms with Gasteiger partial charge in [0.2, 0.25) is 5.91 Å². The van der Waals surface area contributed by atoms with Crippen LogP contribution in [0.3, 0.4) is 0 Å². The molecule has 0 radical (unpaired) electrons. The van der Waals surface area contributed by atoms with Gasteiger partial charge in [0, 0.05) is 32.1 Å². The molecule has 0 aromatic heterocycles. The average molecular weight is 324 g/mol. The first-order valence-corrected chi connectivity index (χ1v) is 8.69. The molecule has 2 heterocycles. The minimum Gasteiger partial charge on any atom is -0.444 e. The first-order chi connectivity index (χ1) is 10.8. The first kappa shape index (κ1) is 16.6. The lowest BCUT2D eigenvalue weighted by molar-refractivity contribution is -0.160. The van der Waals surface area contributed by atoms with Gasteiger partial charge in [-0.1, -0.05) is 0 Å². The Balaban J connectivity index is 1.54. The molecule has 1 aliphatic carbocycles. The van der Waals surface area contributed by atoms with Crippen LogP contribution < -0.4 is 0 Å². The van der Waals surface area contributed by atoms with Crippen LogP contribution in [0.15, 0.2) is 0 Å². The van der Waals surface area contributed by atoms with E-state index in [1.807, 2.05) is 25.7 Å². The first-order valence-electron chi connectivity index (χ1n) is 8.69. The largest absolute Gasteiger partial charge is 0.444 e. The number of hydrogen-bond acceptors (Lipinski definition) is 4. The van der Waals surface area contributed by atoms with Crippen LogP contribution in [0.2, 0.25) is 0 Å². The van der Waals surface area contributed by atoms with Gasteiger partial charge in [0.05, 0.1) is 12.2 Å². The van der Waals surface area contributed by atoms with Crippen LogP contribution >= 0.6 is 0 Å². The summed E-state index contributed by atoms with van der Waals surface area (Å²) in [4.78, 5) is 28.2. The third-order valence-corrected chi connectivity index (χ3v) is 4.81. The zero-order valence-electron chi connectivity index (χ0n) is 14.5. The zero-order chi connectivity index (χ0) is 16.7. The summed E-state index contributed by atoms with van der Waals surface area (Å²) >= 11 is 0. The molecule has 3 fully saturated rings. The molecule has 0 bridgehead atoms. The fraction of sp³-hybridized carbons (Fsp3) is 0.882. The number of carbonyl (C=O) groups is 2. The highest BCUT2D eigenvalue weighted by Gasteiger charge is 2.44. The van der Waals surface area contributed by atoms with Gasteiger partial charge in [-0.2, -0.15) is 0 Å². The second-order valence-corrected chi connectivity index (χ2v) is 8.03. The Bertz CT molecular complexity index is 473. The number of likely N-dealkylation sites (tertiary alicyclic amines) is 1. The molecular weight excluding hydrogens is 296 g/mol. The van der Waals surface area contributed by atoms with Gasteiger partial charge in [-0.3, -0.25) is 4.79 Å². The van der Waals surface area contributed by atoms with Gasteiger partial charge in [-0.25, -0.2) is 4.79 Å². The van der Waals surface area contributed by atoms with Crippen molar-refractivity contribution in [3.05, 3.63) is 0 Å². The number of morpholine rings is 1. The van der Waals surface area contributed by atoms with Gasteiger partial charge in [-0.15, -0.1) is 0 Å². The van der Waals surface area contributed by atoms with E-state index in [2.05, 4.69) is 0 Å². The molecular formula is C17H28N2O4. The molecule has 2 aliphatic heterocycles. The van der Waals surface area contributed by atoms with E-state index in [4.69, 9.17) is 9.47 Å².